The summed E-state index contributed by atoms with van der Waals surface area (Å²) >= 11 is 0. The summed E-state index contributed by atoms with van der Waals surface area (Å²) in [6, 6.07) is 4.75. The van der Waals surface area contributed by atoms with Gasteiger partial charge in [-0.05, 0) is 19.9 Å². The second-order valence-corrected chi connectivity index (χ2v) is 4.17. The van der Waals surface area contributed by atoms with Gasteiger partial charge in [0.05, 0.1) is 28.0 Å². The fourth-order valence-corrected chi connectivity index (χ4v) is 2.20. The van der Waals surface area contributed by atoms with Crippen LogP contribution < -0.4 is 0 Å². The lowest BCUT2D eigenvalue weighted by atomic mass is 10.1. The van der Waals surface area contributed by atoms with E-state index in [1.165, 1.54) is 6.07 Å². The van der Waals surface area contributed by atoms with Gasteiger partial charge in [0.15, 0.2) is 0 Å². The molecule has 2 aromatic rings. The van der Waals surface area contributed by atoms with Gasteiger partial charge in [-0.1, -0.05) is 6.07 Å². The molecule has 0 saturated heterocycles. The van der Waals surface area contributed by atoms with Gasteiger partial charge in [0.25, 0.3) is 5.69 Å². The number of rotatable bonds is 3. The van der Waals surface area contributed by atoms with E-state index < -0.39 is 10.9 Å². The highest BCUT2D eigenvalue weighted by molar-refractivity contribution is 6.09. The van der Waals surface area contributed by atoms with Crippen molar-refractivity contribution < 1.29 is 14.5 Å². The molecule has 1 heterocycles. The van der Waals surface area contributed by atoms with Crippen molar-refractivity contribution in [1.29, 1.82) is 0 Å². The largest absolute Gasteiger partial charge is 0.462 e. The van der Waals surface area contributed by atoms with E-state index in [-0.39, 0.29) is 17.9 Å². The van der Waals surface area contributed by atoms with Crippen LogP contribution in [0.3, 0.4) is 0 Å². The van der Waals surface area contributed by atoms with E-state index in [9.17, 15) is 14.9 Å². The van der Waals surface area contributed by atoms with Crippen LogP contribution in [0.1, 0.15) is 23.0 Å². The summed E-state index contributed by atoms with van der Waals surface area (Å²) in [5, 5.41) is 11.5. The molecule has 0 radical (unpaired) electrons. The first kappa shape index (κ1) is 13.1. The van der Waals surface area contributed by atoms with Crippen molar-refractivity contribution in [2.24, 2.45) is 7.05 Å². The van der Waals surface area contributed by atoms with E-state index in [4.69, 9.17) is 4.74 Å². The minimum absolute atomic E-state index is 0.0794. The summed E-state index contributed by atoms with van der Waals surface area (Å²) in [6.45, 7) is 3.68. The molecule has 19 heavy (non-hydrogen) atoms. The number of esters is 1. The Hall–Kier alpha value is -2.37. The molecule has 0 aliphatic rings. The maximum absolute atomic E-state index is 12.0. The molecule has 100 valence electrons. The molecule has 0 fully saturated rings. The van der Waals surface area contributed by atoms with E-state index in [1.54, 1.807) is 37.6 Å². The molecule has 0 spiro atoms. The zero-order valence-electron chi connectivity index (χ0n) is 11.0. The van der Waals surface area contributed by atoms with Crippen molar-refractivity contribution in [3.63, 3.8) is 0 Å². The minimum atomic E-state index is -0.528. The van der Waals surface area contributed by atoms with Gasteiger partial charge in [-0.2, -0.15) is 0 Å². The molecule has 2 rings (SSSR count). The average molecular weight is 262 g/mol. The van der Waals surface area contributed by atoms with Gasteiger partial charge in [0.2, 0.25) is 0 Å². The zero-order chi connectivity index (χ0) is 14.2. The third-order valence-electron chi connectivity index (χ3n) is 3.17. The van der Waals surface area contributed by atoms with Crippen molar-refractivity contribution in [1.82, 2.24) is 4.57 Å². The number of hydrogen-bond donors (Lipinski definition) is 0. The van der Waals surface area contributed by atoms with E-state index in [0.717, 1.165) is 0 Å². The third kappa shape index (κ3) is 1.95. The van der Waals surface area contributed by atoms with E-state index in [0.29, 0.717) is 16.6 Å². The normalized spacial score (nSPS) is 10.7. The Bertz CT molecular complexity index is 673. The van der Waals surface area contributed by atoms with E-state index >= 15 is 0 Å². The molecule has 0 bridgehead atoms. The van der Waals surface area contributed by atoms with Crippen LogP contribution in [0.15, 0.2) is 18.2 Å². The molecule has 1 aromatic carbocycles. The van der Waals surface area contributed by atoms with Crippen LogP contribution in [-0.4, -0.2) is 22.1 Å². The molecule has 0 aliphatic carbocycles. The lowest BCUT2D eigenvalue weighted by Crippen LogP contribution is -2.07. The fraction of sp³-hybridized carbons (Fsp3) is 0.308. The van der Waals surface area contributed by atoms with Crippen LogP contribution in [0.4, 0.5) is 5.69 Å². The summed E-state index contributed by atoms with van der Waals surface area (Å²) in [7, 11) is 1.77. The number of nitrogens with zero attached hydrogens (tertiary/aromatic N) is 2. The second kappa shape index (κ2) is 4.72. The number of nitro benzene ring substituents is 1. The molecule has 6 heteroatoms. The molecule has 0 unspecified atom stereocenters. The SMILES string of the molecule is CCOC(=O)c1c(C)n(C)c2cccc([N+](=O)[O-])c12. The molecular weight excluding hydrogens is 248 g/mol. The zero-order valence-corrected chi connectivity index (χ0v) is 11.0. The van der Waals surface area contributed by atoms with Gasteiger partial charge >= 0.3 is 5.97 Å². The highest BCUT2D eigenvalue weighted by Crippen LogP contribution is 2.33. The van der Waals surface area contributed by atoms with Crippen LogP contribution in [-0.2, 0) is 11.8 Å². The molecule has 0 amide bonds. The molecule has 0 aliphatic heterocycles. The highest BCUT2D eigenvalue weighted by Gasteiger charge is 2.26. The maximum Gasteiger partial charge on any atom is 0.340 e. The first-order valence-corrected chi connectivity index (χ1v) is 5.88. The van der Waals surface area contributed by atoms with Crippen molar-refractivity contribution in [2.75, 3.05) is 6.61 Å². The lowest BCUT2D eigenvalue weighted by Gasteiger charge is -2.02. The number of hydrogen-bond acceptors (Lipinski definition) is 4. The molecule has 0 N–H and O–H groups in total. The highest BCUT2D eigenvalue weighted by atomic mass is 16.6. The average Bonchev–Trinajstić information content (AvgIpc) is 2.62. The van der Waals surface area contributed by atoms with Crippen LogP contribution in [0.5, 0.6) is 0 Å². The Balaban J connectivity index is 2.85. The van der Waals surface area contributed by atoms with Gasteiger partial charge < -0.3 is 9.30 Å². The fourth-order valence-electron chi connectivity index (χ4n) is 2.20. The van der Waals surface area contributed by atoms with Crippen LogP contribution in [0, 0.1) is 17.0 Å². The number of nitro groups is 1. The van der Waals surface area contributed by atoms with Crippen molar-refractivity contribution in [3.8, 4) is 0 Å². The van der Waals surface area contributed by atoms with Crippen LogP contribution >= 0.6 is 0 Å². The quantitative estimate of drug-likeness (QED) is 0.484. The molecule has 0 saturated carbocycles. The van der Waals surface area contributed by atoms with E-state index in [2.05, 4.69) is 0 Å². The molecule has 0 atom stereocenters. The number of aryl methyl sites for hydroxylation is 1. The molecular formula is C13H14N2O4. The third-order valence-corrected chi connectivity index (χ3v) is 3.17. The van der Waals surface area contributed by atoms with Crippen molar-refractivity contribution >= 4 is 22.6 Å². The smallest absolute Gasteiger partial charge is 0.340 e. The first-order valence-electron chi connectivity index (χ1n) is 5.88. The lowest BCUT2D eigenvalue weighted by molar-refractivity contribution is -0.383. The van der Waals surface area contributed by atoms with E-state index in [1.807, 2.05) is 0 Å². The Labute approximate surface area is 109 Å². The van der Waals surface area contributed by atoms with Gasteiger partial charge in [0.1, 0.15) is 0 Å². The Morgan fingerprint density at radius 1 is 1.47 bits per heavy atom. The van der Waals surface area contributed by atoms with Crippen molar-refractivity contribution in [2.45, 2.75) is 13.8 Å². The summed E-state index contributed by atoms with van der Waals surface area (Å²) in [5.74, 6) is -0.528. The summed E-state index contributed by atoms with van der Waals surface area (Å²) in [6.07, 6.45) is 0. The van der Waals surface area contributed by atoms with Gasteiger partial charge in [-0.15, -0.1) is 0 Å². The predicted octanol–water partition coefficient (Wildman–Crippen LogP) is 2.57. The Morgan fingerprint density at radius 3 is 2.74 bits per heavy atom. The molecule has 6 nitrogen and oxygen atoms in total. The van der Waals surface area contributed by atoms with Gasteiger partial charge in [-0.25, -0.2) is 4.79 Å². The standard InChI is InChI=1S/C13H14N2O4/c1-4-19-13(16)11-8(2)14(3)9-6-5-7-10(12(9)11)15(17)18/h5-7H,4H2,1-3H3. The van der Waals surface area contributed by atoms with Gasteiger partial charge in [-0.3, -0.25) is 10.1 Å². The summed E-state index contributed by atoms with van der Waals surface area (Å²) < 4.78 is 6.75. The maximum atomic E-state index is 12.0. The Morgan fingerprint density at radius 2 is 2.16 bits per heavy atom. The topological polar surface area (TPSA) is 74.4 Å². The monoisotopic (exact) mass is 262 g/mol. The number of ether oxygens (including phenoxy) is 1. The number of carbonyl (C=O) groups is 1. The number of benzene rings is 1. The summed E-state index contributed by atoms with van der Waals surface area (Å²) in [4.78, 5) is 22.6. The van der Waals surface area contributed by atoms with Crippen LogP contribution in [0.25, 0.3) is 10.9 Å². The second-order valence-electron chi connectivity index (χ2n) is 4.17. The van der Waals surface area contributed by atoms with Gasteiger partial charge in [0, 0.05) is 18.8 Å². The van der Waals surface area contributed by atoms with Crippen LogP contribution in [0.2, 0.25) is 0 Å². The summed E-state index contributed by atoms with van der Waals surface area (Å²) in [5.41, 5.74) is 1.49. The molecule has 1 aromatic heterocycles. The first-order chi connectivity index (χ1) is 8.99. The van der Waals surface area contributed by atoms with Crippen molar-refractivity contribution in [3.05, 3.63) is 39.6 Å². The number of fused-ring (bicyclic) bond motifs is 1. The minimum Gasteiger partial charge on any atom is -0.462 e. The number of non-ortho nitro benzene ring substituents is 1. The number of aromatic nitrogens is 1. The Kier molecular flexibility index (Phi) is 3.25. The predicted molar refractivity (Wildman–Crippen MR) is 70.3 cm³/mol. The number of carbonyl (C=O) groups excluding carboxylic acids is 1.